The van der Waals surface area contributed by atoms with Crippen LogP contribution in [0, 0.1) is 0 Å². The Bertz CT molecular complexity index is 944. The monoisotopic (exact) mass is 382 g/mol. The fraction of sp³-hybridized carbons (Fsp3) is 0.300. The summed E-state index contributed by atoms with van der Waals surface area (Å²) in [5, 5.41) is 0. The Balaban J connectivity index is 1.45. The molecule has 0 bridgehead atoms. The Labute approximate surface area is 160 Å². The Hall–Kier alpha value is -3.42. The third-order valence-electron chi connectivity index (χ3n) is 4.89. The molecule has 2 aliphatic heterocycles. The average Bonchev–Trinajstić information content (AvgIpc) is 3.45. The largest absolute Gasteiger partial charge is 0.467 e. The topological polar surface area (TPSA) is 97.1 Å². The number of carbonyl (C=O) groups excluding carboxylic acids is 4. The predicted molar refractivity (Wildman–Crippen MR) is 95.5 cm³/mol. The van der Waals surface area contributed by atoms with Gasteiger partial charge < -0.3 is 14.1 Å². The highest BCUT2D eigenvalue weighted by molar-refractivity contribution is 6.21. The minimum Gasteiger partial charge on any atom is -0.467 e. The van der Waals surface area contributed by atoms with Crippen LogP contribution in [-0.2, 0) is 16.1 Å². The molecule has 0 N–H and O–H groups in total. The fourth-order valence-corrected chi connectivity index (χ4v) is 3.39. The van der Waals surface area contributed by atoms with E-state index in [0.29, 0.717) is 18.8 Å². The normalized spacial score (nSPS) is 15.9. The number of rotatable bonds is 5. The van der Waals surface area contributed by atoms with Gasteiger partial charge in [0.1, 0.15) is 5.76 Å². The molecule has 2 aliphatic rings. The van der Waals surface area contributed by atoms with Crippen LogP contribution in [0.15, 0.2) is 41.0 Å². The van der Waals surface area contributed by atoms with Crippen LogP contribution in [-0.4, -0.2) is 53.2 Å². The van der Waals surface area contributed by atoms with Crippen molar-refractivity contribution in [3.05, 3.63) is 59.0 Å². The highest BCUT2D eigenvalue weighted by atomic mass is 16.5. The zero-order valence-corrected chi connectivity index (χ0v) is 15.1. The molecule has 2 aromatic rings. The Morgan fingerprint density at radius 1 is 1.04 bits per heavy atom. The van der Waals surface area contributed by atoms with Gasteiger partial charge in [-0.25, -0.2) is 4.79 Å². The molecular formula is C20H18N2O6. The number of carbonyl (C=O) groups is 4. The molecule has 1 fully saturated rings. The van der Waals surface area contributed by atoms with Crippen molar-refractivity contribution in [2.24, 2.45) is 0 Å². The van der Waals surface area contributed by atoms with Crippen molar-refractivity contribution in [1.29, 1.82) is 0 Å². The molecule has 8 nitrogen and oxygen atoms in total. The lowest BCUT2D eigenvalue weighted by molar-refractivity contribution is -0.133. The minimum absolute atomic E-state index is 0.0173. The molecule has 8 heteroatoms. The van der Waals surface area contributed by atoms with E-state index in [9.17, 15) is 19.2 Å². The fourth-order valence-electron chi connectivity index (χ4n) is 3.39. The molecular weight excluding hydrogens is 364 g/mol. The van der Waals surface area contributed by atoms with Crippen LogP contribution in [0.5, 0.6) is 0 Å². The molecule has 0 unspecified atom stereocenters. The number of ether oxygens (including phenoxy) is 1. The molecule has 1 saturated heterocycles. The van der Waals surface area contributed by atoms with Gasteiger partial charge in [0.2, 0.25) is 0 Å². The highest BCUT2D eigenvalue weighted by Gasteiger charge is 2.36. The number of nitrogens with zero attached hydrogens (tertiary/aromatic N) is 2. The van der Waals surface area contributed by atoms with E-state index >= 15 is 0 Å². The molecule has 0 aliphatic carbocycles. The lowest BCUT2D eigenvalue weighted by Gasteiger charge is -2.14. The van der Waals surface area contributed by atoms with Crippen LogP contribution < -0.4 is 0 Å². The van der Waals surface area contributed by atoms with E-state index in [0.717, 1.165) is 17.7 Å². The number of hydrogen-bond donors (Lipinski definition) is 0. The van der Waals surface area contributed by atoms with Crippen molar-refractivity contribution in [3.8, 4) is 0 Å². The van der Waals surface area contributed by atoms with Crippen LogP contribution in [0.25, 0.3) is 0 Å². The summed E-state index contributed by atoms with van der Waals surface area (Å²) in [5.74, 6) is -1.41. The molecule has 0 atom stereocenters. The average molecular weight is 382 g/mol. The lowest BCUT2D eigenvalue weighted by Crippen LogP contribution is -2.32. The first-order chi connectivity index (χ1) is 13.5. The van der Waals surface area contributed by atoms with E-state index in [-0.39, 0.29) is 35.7 Å². The summed E-state index contributed by atoms with van der Waals surface area (Å²) >= 11 is 0. The van der Waals surface area contributed by atoms with Gasteiger partial charge in [0.15, 0.2) is 6.61 Å². The van der Waals surface area contributed by atoms with E-state index in [1.807, 2.05) is 0 Å². The number of fused-ring (bicyclic) bond motifs is 1. The summed E-state index contributed by atoms with van der Waals surface area (Å²) in [4.78, 5) is 52.1. The first kappa shape index (κ1) is 18.0. The Morgan fingerprint density at radius 3 is 2.50 bits per heavy atom. The summed E-state index contributed by atoms with van der Waals surface area (Å²) in [6.07, 6.45) is 3.37. The smallest absolute Gasteiger partial charge is 0.338 e. The number of imide groups is 1. The van der Waals surface area contributed by atoms with Gasteiger partial charge >= 0.3 is 5.97 Å². The van der Waals surface area contributed by atoms with E-state index < -0.39 is 17.8 Å². The lowest BCUT2D eigenvalue weighted by atomic mass is 10.1. The van der Waals surface area contributed by atoms with Crippen LogP contribution >= 0.6 is 0 Å². The Kier molecular flexibility index (Phi) is 4.68. The van der Waals surface area contributed by atoms with Crippen LogP contribution in [0.3, 0.4) is 0 Å². The van der Waals surface area contributed by atoms with Gasteiger partial charge in [0.05, 0.1) is 29.5 Å². The summed E-state index contributed by atoms with van der Waals surface area (Å²) in [5.41, 5.74) is 0.479. The maximum atomic E-state index is 12.6. The zero-order valence-electron chi connectivity index (χ0n) is 15.1. The molecule has 28 heavy (non-hydrogen) atoms. The van der Waals surface area contributed by atoms with E-state index in [2.05, 4.69) is 0 Å². The maximum absolute atomic E-state index is 12.6. The van der Waals surface area contributed by atoms with Crippen molar-refractivity contribution in [2.45, 2.75) is 19.4 Å². The van der Waals surface area contributed by atoms with Crippen molar-refractivity contribution in [1.82, 2.24) is 9.80 Å². The molecule has 144 valence electrons. The number of esters is 1. The third-order valence-corrected chi connectivity index (χ3v) is 4.89. The van der Waals surface area contributed by atoms with Crippen LogP contribution in [0.4, 0.5) is 0 Å². The quantitative estimate of drug-likeness (QED) is 0.578. The van der Waals surface area contributed by atoms with E-state index in [1.165, 1.54) is 24.5 Å². The number of benzene rings is 1. The third kappa shape index (κ3) is 3.28. The molecule has 0 radical (unpaired) electrons. The van der Waals surface area contributed by atoms with Gasteiger partial charge in [0.25, 0.3) is 17.7 Å². The number of hydrogen-bond acceptors (Lipinski definition) is 6. The van der Waals surface area contributed by atoms with Gasteiger partial charge in [-0.05, 0) is 43.2 Å². The maximum Gasteiger partial charge on any atom is 0.338 e. The van der Waals surface area contributed by atoms with Gasteiger partial charge in [0, 0.05) is 13.1 Å². The Morgan fingerprint density at radius 2 is 1.79 bits per heavy atom. The zero-order chi connectivity index (χ0) is 19.7. The summed E-state index contributed by atoms with van der Waals surface area (Å²) in [6, 6.07) is 7.52. The van der Waals surface area contributed by atoms with Gasteiger partial charge in [-0.1, -0.05) is 0 Å². The first-order valence-electron chi connectivity index (χ1n) is 9.02. The van der Waals surface area contributed by atoms with Crippen molar-refractivity contribution in [3.63, 3.8) is 0 Å². The van der Waals surface area contributed by atoms with Crippen molar-refractivity contribution < 1.29 is 28.3 Å². The van der Waals surface area contributed by atoms with Crippen molar-refractivity contribution in [2.75, 3.05) is 19.7 Å². The van der Waals surface area contributed by atoms with Gasteiger partial charge in [-0.15, -0.1) is 0 Å². The molecule has 3 amide bonds. The van der Waals surface area contributed by atoms with Crippen LogP contribution in [0.1, 0.15) is 49.7 Å². The molecule has 0 saturated carbocycles. The summed E-state index contributed by atoms with van der Waals surface area (Å²) in [6.45, 7) is 1.03. The number of likely N-dealkylation sites (tertiary alicyclic amines) is 1. The highest BCUT2D eigenvalue weighted by Crippen LogP contribution is 2.26. The van der Waals surface area contributed by atoms with Gasteiger partial charge in [-0.2, -0.15) is 0 Å². The van der Waals surface area contributed by atoms with Gasteiger partial charge in [-0.3, -0.25) is 19.3 Å². The second kappa shape index (κ2) is 7.30. The molecule has 3 heterocycles. The summed E-state index contributed by atoms with van der Waals surface area (Å²) in [7, 11) is 0. The van der Waals surface area contributed by atoms with Crippen molar-refractivity contribution >= 4 is 23.7 Å². The van der Waals surface area contributed by atoms with Crippen LogP contribution in [0.2, 0.25) is 0 Å². The van der Waals surface area contributed by atoms with E-state index in [4.69, 9.17) is 9.15 Å². The minimum atomic E-state index is -0.708. The molecule has 1 aromatic carbocycles. The second-order valence-corrected chi connectivity index (χ2v) is 6.70. The van der Waals surface area contributed by atoms with E-state index in [1.54, 1.807) is 17.0 Å². The second-order valence-electron chi connectivity index (χ2n) is 6.70. The number of amides is 3. The predicted octanol–water partition coefficient (Wildman–Crippen LogP) is 1.85. The standard InChI is InChI=1S/C20H18N2O6/c23-17(21-7-1-2-8-21)12-28-20(26)13-5-6-15-16(10-13)19(25)22(18(15)24)11-14-4-3-9-27-14/h3-6,9-10H,1-2,7-8,11-12H2. The molecule has 0 spiro atoms. The molecule has 1 aromatic heterocycles. The number of furan rings is 1. The SMILES string of the molecule is O=C(OCC(=O)N1CCCC1)c1ccc2c(c1)C(=O)N(Cc1ccco1)C2=O. The first-order valence-corrected chi connectivity index (χ1v) is 9.02. The summed E-state index contributed by atoms with van der Waals surface area (Å²) < 4.78 is 10.3. The molecule has 4 rings (SSSR count).